The lowest BCUT2D eigenvalue weighted by atomic mass is 9.98. The molecule has 20 heavy (non-hydrogen) atoms. The highest BCUT2D eigenvalue weighted by Crippen LogP contribution is 2.20. The van der Waals surface area contributed by atoms with Gasteiger partial charge in [-0.25, -0.2) is 4.98 Å². The number of hydrogen-bond donors (Lipinski definition) is 0. The zero-order valence-corrected chi connectivity index (χ0v) is 12.4. The molecule has 0 aromatic carbocycles. The molecule has 1 amide bonds. The van der Waals surface area contributed by atoms with E-state index in [9.17, 15) is 4.79 Å². The molecule has 0 radical (unpaired) electrons. The second kappa shape index (κ2) is 6.71. The fraction of sp³-hybridized carbons (Fsp3) is 0.533. The number of amides is 1. The molecule has 0 saturated carbocycles. The summed E-state index contributed by atoms with van der Waals surface area (Å²) in [5.41, 5.74) is 1.46. The van der Waals surface area contributed by atoms with Crippen molar-refractivity contribution in [1.29, 1.82) is 5.26 Å². The number of aromatic nitrogens is 1. The summed E-state index contributed by atoms with van der Waals surface area (Å²) in [5.74, 6) is 0.0683. The zero-order chi connectivity index (χ0) is 14.5. The first-order chi connectivity index (χ1) is 9.63. The summed E-state index contributed by atoms with van der Waals surface area (Å²) < 4.78 is 0. The minimum Gasteiger partial charge on any atom is -0.339 e. The van der Waals surface area contributed by atoms with Crippen LogP contribution in [-0.4, -0.2) is 28.9 Å². The summed E-state index contributed by atoms with van der Waals surface area (Å²) in [6, 6.07) is 5.72. The van der Waals surface area contributed by atoms with Gasteiger partial charge in [0.05, 0.1) is 6.07 Å². The maximum atomic E-state index is 12.5. The van der Waals surface area contributed by atoms with Crippen LogP contribution in [0, 0.1) is 17.2 Å². The second-order valence-electron chi connectivity index (χ2n) is 5.12. The smallest absolute Gasteiger partial charge is 0.254 e. The Bertz CT molecular complexity index is 530. The van der Waals surface area contributed by atoms with Crippen LogP contribution in [0.5, 0.6) is 0 Å². The van der Waals surface area contributed by atoms with Crippen molar-refractivity contribution in [1.82, 2.24) is 9.88 Å². The molecular formula is C15H18ClN3O. The lowest BCUT2D eigenvalue weighted by Crippen LogP contribution is -2.38. The van der Waals surface area contributed by atoms with Gasteiger partial charge in [0.2, 0.25) is 0 Å². The van der Waals surface area contributed by atoms with Gasteiger partial charge in [0.15, 0.2) is 0 Å². The number of nitrogens with zero attached hydrogens (tertiary/aromatic N) is 3. The Morgan fingerprint density at radius 1 is 1.50 bits per heavy atom. The Balaban J connectivity index is 2.11. The monoisotopic (exact) mass is 291 g/mol. The molecule has 0 bridgehead atoms. The van der Waals surface area contributed by atoms with Gasteiger partial charge in [0, 0.05) is 30.3 Å². The minimum absolute atomic E-state index is 0.0111. The van der Waals surface area contributed by atoms with Crippen molar-refractivity contribution in [2.24, 2.45) is 5.92 Å². The Kier molecular flexibility index (Phi) is 4.97. The molecule has 1 aromatic heterocycles. The molecule has 1 aromatic rings. The third kappa shape index (κ3) is 3.49. The minimum atomic E-state index is -0.0111. The maximum absolute atomic E-state index is 12.5. The fourth-order valence-corrected chi connectivity index (χ4v) is 2.68. The van der Waals surface area contributed by atoms with Crippen LogP contribution in [0.15, 0.2) is 12.1 Å². The number of piperidine rings is 1. The van der Waals surface area contributed by atoms with Crippen molar-refractivity contribution in [3.63, 3.8) is 0 Å². The van der Waals surface area contributed by atoms with Crippen LogP contribution in [0.3, 0.4) is 0 Å². The number of nitriles is 1. The summed E-state index contributed by atoms with van der Waals surface area (Å²) in [5, 5.41) is 9.25. The Labute approximate surface area is 124 Å². The van der Waals surface area contributed by atoms with Gasteiger partial charge in [-0.05, 0) is 31.4 Å². The summed E-state index contributed by atoms with van der Waals surface area (Å²) in [7, 11) is 0. The van der Waals surface area contributed by atoms with Gasteiger partial charge in [-0.15, -0.1) is 0 Å². The lowest BCUT2D eigenvalue weighted by molar-refractivity contribution is 0.0707. The molecule has 2 rings (SSSR count). The largest absolute Gasteiger partial charge is 0.339 e. The number of halogens is 1. The van der Waals surface area contributed by atoms with E-state index in [2.05, 4.69) is 18.0 Å². The number of hydrogen-bond acceptors (Lipinski definition) is 3. The van der Waals surface area contributed by atoms with E-state index in [1.54, 1.807) is 11.0 Å². The fourth-order valence-electron chi connectivity index (χ4n) is 2.45. The first-order valence-electron chi connectivity index (χ1n) is 6.99. The van der Waals surface area contributed by atoms with E-state index < -0.39 is 0 Å². The maximum Gasteiger partial charge on any atom is 0.254 e. The van der Waals surface area contributed by atoms with Crippen LogP contribution in [0.4, 0.5) is 0 Å². The highest BCUT2D eigenvalue weighted by Gasteiger charge is 2.23. The molecule has 0 aliphatic carbocycles. The number of carbonyl (C=O) groups excluding carboxylic acids is 1. The molecule has 1 aliphatic rings. The van der Waals surface area contributed by atoms with E-state index in [1.165, 1.54) is 0 Å². The van der Waals surface area contributed by atoms with Crippen LogP contribution < -0.4 is 0 Å². The van der Waals surface area contributed by atoms with E-state index in [1.807, 2.05) is 6.07 Å². The number of carbonyl (C=O) groups is 1. The van der Waals surface area contributed by atoms with Gasteiger partial charge in [-0.1, -0.05) is 24.9 Å². The molecule has 0 spiro atoms. The third-order valence-electron chi connectivity index (χ3n) is 3.56. The normalized spacial score (nSPS) is 15.9. The van der Waals surface area contributed by atoms with Crippen LogP contribution in [-0.2, 0) is 6.42 Å². The molecule has 0 N–H and O–H groups in total. The SMILES string of the molecule is CCCc1cc(C(=O)N2CCC(C#N)CC2)cc(Cl)n1. The topological polar surface area (TPSA) is 57.0 Å². The number of aryl methyl sites for hydroxylation is 1. The van der Waals surface area contributed by atoms with Crippen molar-refractivity contribution in [3.05, 3.63) is 28.5 Å². The van der Waals surface area contributed by atoms with E-state index in [-0.39, 0.29) is 11.8 Å². The zero-order valence-electron chi connectivity index (χ0n) is 11.6. The van der Waals surface area contributed by atoms with Gasteiger partial charge >= 0.3 is 0 Å². The molecule has 106 valence electrons. The van der Waals surface area contributed by atoms with E-state index in [0.29, 0.717) is 23.8 Å². The molecule has 2 heterocycles. The van der Waals surface area contributed by atoms with Crippen molar-refractivity contribution < 1.29 is 4.79 Å². The Morgan fingerprint density at radius 3 is 2.80 bits per heavy atom. The summed E-state index contributed by atoms with van der Waals surface area (Å²) in [6.45, 7) is 3.34. The predicted molar refractivity (Wildman–Crippen MR) is 77.5 cm³/mol. The van der Waals surface area contributed by atoms with Crippen molar-refractivity contribution in [2.75, 3.05) is 13.1 Å². The van der Waals surface area contributed by atoms with E-state index in [4.69, 9.17) is 16.9 Å². The van der Waals surface area contributed by atoms with Crippen LogP contribution >= 0.6 is 11.6 Å². The number of pyridine rings is 1. The van der Waals surface area contributed by atoms with Crippen molar-refractivity contribution in [2.45, 2.75) is 32.6 Å². The van der Waals surface area contributed by atoms with E-state index in [0.717, 1.165) is 31.4 Å². The van der Waals surface area contributed by atoms with E-state index >= 15 is 0 Å². The molecular weight excluding hydrogens is 274 g/mol. The summed E-state index contributed by atoms with van der Waals surface area (Å²) in [4.78, 5) is 18.5. The molecule has 0 atom stereocenters. The molecule has 0 unspecified atom stereocenters. The van der Waals surface area contributed by atoms with Crippen LogP contribution in [0.2, 0.25) is 5.15 Å². The average Bonchev–Trinajstić information content (AvgIpc) is 2.46. The lowest BCUT2D eigenvalue weighted by Gasteiger charge is -2.29. The Morgan fingerprint density at radius 2 is 2.20 bits per heavy atom. The van der Waals surface area contributed by atoms with Gasteiger partial charge < -0.3 is 4.90 Å². The predicted octanol–water partition coefficient (Wildman–Crippen LogP) is 3.06. The first-order valence-corrected chi connectivity index (χ1v) is 7.37. The summed E-state index contributed by atoms with van der Waals surface area (Å²) in [6.07, 6.45) is 3.29. The van der Waals surface area contributed by atoms with Gasteiger partial charge in [0.25, 0.3) is 5.91 Å². The van der Waals surface area contributed by atoms with Crippen LogP contribution in [0.25, 0.3) is 0 Å². The number of likely N-dealkylation sites (tertiary alicyclic amines) is 1. The quantitative estimate of drug-likeness (QED) is 0.804. The van der Waals surface area contributed by atoms with Gasteiger partial charge in [-0.2, -0.15) is 5.26 Å². The number of rotatable bonds is 3. The Hall–Kier alpha value is -1.60. The van der Waals surface area contributed by atoms with Crippen molar-refractivity contribution >= 4 is 17.5 Å². The molecule has 1 saturated heterocycles. The molecule has 1 fully saturated rings. The van der Waals surface area contributed by atoms with Crippen molar-refractivity contribution in [3.8, 4) is 6.07 Å². The standard InChI is InChI=1S/C15H18ClN3O/c1-2-3-13-8-12(9-14(16)18-13)15(20)19-6-4-11(10-17)5-7-19/h8-9,11H,2-7H2,1H3. The first kappa shape index (κ1) is 14.8. The third-order valence-corrected chi connectivity index (χ3v) is 3.76. The van der Waals surface area contributed by atoms with Gasteiger partial charge in [-0.3, -0.25) is 4.79 Å². The van der Waals surface area contributed by atoms with Gasteiger partial charge in [0.1, 0.15) is 5.15 Å². The molecule has 5 heteroatoms. The highest BCUT2D eigenvalue weighted by atomic mass is 35.5. The summed E-state index contributed by atoms with van der Waals surface area (Å²) >= 11 is 5.99. The van der Waals surface area contributed by atoms with Crippen LogP contribution in [0.1, 0.15) is 42.2 Å². The average molecular weight is 292 g/mol. The second-order valence-corrected chi connectivity index (χ2v) is 5.50. The molecule has 1 aliphatic heterocycles. The molecule has 4 nitrogen and oxygen atoms in total. The highest BCUT2D eigenvalue weighted by molar-refractivity contribution is 6.29.